The topological polar surface area (TPSA) is 68.2 Å². The number of phenolic OH excluding ortho intramolecular Hbond substituents is 1. The monoisotopic (exact) mass is 489 g/mol. The minimum atomic E-state index is -0.475. The first-order valence-corrected chi connectivity index (χ1v) is 13.8. The minimum Gasteiger partial charge on any atom is -0.504 e. The van der Waals surface area contributed by atoms with Gasteiger partial charge in [0.25, 0.3) is 0 Å². The van der Waals surface area contributed by atoms with E-state index in [2.05, 4.69) is 29.2 Å². The molecule has 1 saturated carbocycles. The van der Waals surface area contributed by atoms with E-state index in [0.29, 0.717) is 36.8 Å². The van der Waals surface area contributed by atoms with Gasteiger partial charge in [0.15, 0.2) is 23.4 Å². The number of benzene rings is 2. The Hall–Kier alpha value is -2.57. The molecule has 1 spiro atoms. The van der Waals surface area contributed by atoms with Crippen molar-refractivity contribution in [1.82, 2.24) is 4.90 Å². The largest absolute Gasteiger partial charge is 0.504 e. The average Bonchev–Trinajstić information content (AvgIpc) is 3.53. The Bertz CT molecular complexity index is 1160. The fraction of sp³-hybridized carbons (Fsp3) is 0.567. The summed E-state index contributed by atoms with van der Waals surface area (Å²) >= 11 is 0. The van der Waals surface area contributed by atoms with E-state index in [-0.39, 0.29) is 16.9 Å². The van der Waals surface area contributed by atoms with Crippen LogP contribution in [-0.4, -0.2) is 60.3 Å². The molecule has 0 amide bonds. The normalized spacial score (nSPS) is 32.3. The lowest BCUT2D eigenvalue weighted by atomic mass is 9.51. The Morgan fingerprint density at radius 2 is 2.08 bits per heavy atom. The summed E-state index contributed by atoms with van der Waals surface area (Å²) in [5.74, 6) is 1.96. The van der Waals surface area contributed by atoms with Gasteiger partial charge in [0.1, 0.15) is 5.75 Å². The SMILES string of the molecule is O=C1CC[C@H]2[C@H]3Cc4c(OCCCc5ccccc5)cc(O)c5c4[C@@]2(CCN3CC2CCCO2)[C@H]1O5. The third kappa shape index (κ3) is 3.41. The summed E-state index contributed by atoms with van der Waals surface area (Å²) in [7, 11) is 0. The maximum Gasteiger partial charge on any atom is 0.174 e. The van der Waals surface area contributed by atoms with Crippen molar-refractivity contribution in [2.24, 2.45) is 5.92 Å². The van der Waals surface area contributed by atoms with E-state index in [9.17, 15) is 9.90 Å². The fourth-order valence-corrected chi connectivity index (χ4v) is 7.97. The van der Waals surface area contributed by atoms with E-state index >= 15 is 0 Å². The van der Waals surface area contributed by atoms with Crippen molar-refractivity contribution in [2.75, 3.05) is 26.3 Å². The number of hydrogen-bond donors (Lipinski definition) is 1. The highest BCUT2D eigenvalue weighted by molar-refractivity contribution is 5.89. The second-order valence-electron chi connectivity index (χ2n) is 11.3. The fourth-order valence-electron chi connectivity index (χ4n) is 7.97. The lowest BCUT2D eigenvalue weighted by Crippen LogP contribution is -2.66. The Balaban J connectivity index is 1.21. The van der Waals surface area contributed by atoms with Gasteiger partial charge in [0.2, 0.25) is 0 Å². The molecule has 6 nitrogen and oxygen atoms in total. The summed E-state index contributed by atoms with van der Waals surface area (Å²) in [6.45, 7) is 3.36. The predicted octanol–water partition coefficient (Wildman–Crippen LogP) is 4.19. The smallest absolute Gasteiger partial charge is 0.174 e. The van der Waals surface area contributed by atoms with Crippen LogP contribution in [-0.2, 0) is 27.8 Å². The molecule has 3 fully saturated rings. The molecule has 2 saturated heterocycles. The van der Waals surface area contributed by atoms with Crippen LogP contribution in [0, 0.1) is 5.92 Å². The van der Waals surface area contributed by atoms with E-state index in [1.807, 2.05) is 6.07 Å². The first-order valence-electron chi connectivity index (χ1n) is 13.8. The van der Waals surface area contributed by atoms with E-state index < -0.39 is 6.10 Å². The number of Topliss-reactive ketones (excluding diaryl/α,β-unsaturated/α-hetero) is 1. The Morgan fingerprint density at radius 1 is 1.19 bits per heavy atom. The molecule has 1 N–H and O–H groups in total. The molecule has 5 atom stereocenters. The van der Waals surface area contributed by atoms with Crippen molar-refractivity contribution >= 4 is 5.78 Å². The highest BCUT2D eigenvalue weighted by Gasteiger charge is 2.66. The highest BCUT2D eigenvalue weighted by atomic mass is 16.5. The number of rotatable bonds is 7. The van der Waals surface area contributed by atoms with Gasteiger partial charge in [-0.3, -0.25) is 9.69 Å². The van der Waals surface area contributed by atoms with Gasteiger partial charge in [-0.05, 0) is 63.0 Å². The second-order valence-corrected chi connectivity index (χ2v) is 11.3. The lowest BCUT2D eigenvalue weighted by molar-refractivity contribution is -0.139. The van der Waals surface area contributed by atoms with Gasteiger partial charge < -0.3 is 19.3 Å². The van der Waals surface area contributed by atoms with Crippen LogP contribution in [0.15, 0.2) is 36.4 Å². The molecular formula is C30H35NO5. The summed E-state index contributed by atoms with van der Waals surface area (Å²) in [6, 6.07) is 12.5. The van der Waals surface area contributed by atoms with Crippen molar-refractivity contribution in [3.63, 3.8) is 0 Å². The molecule has 3 heterocycles. The van der Waals surface area contributed by atoms with Gasteiger partial charge in [-0.15, -0.1) is 0 Å². The Labute approximate surface area is 212 Å². The lowest BCUT2D eigenvalue weighted by Gasteiger charge is -2.58. The van der Waals surface area contributed by atoms with E-state index in [4.69, 9.17) is 14.2 Å². The van der Waals surface area contributed by atoms with Crippen molar-refractivity contribution in [3.8, 4) is 17.2 Å². The zero-order valence-corrected chi connectivity index (χ0v) is 20.8. The van der Waals surface area contributed by atoms with Crippen molar-refractivity contribution in [1.29, 1.82) is 0 Å². The van der Waals surface area contributed by atoms with E-state index in [1.165, 1.54) is 5.56 Å². The number of ketones is 1. The number of hydrogen-bond acceptors (Lipinski definition) is 6. The van der Waals surface area contributed by atoms with Gasteiger partial charge in [0, 0.05) is 48.2 Å². The standard InChI is InChI=1S/C30H35NO5/c32-24-11-10-22-23-16-21-26(35-15-4-8-19-6-2-1-3-7-19)17-25(33)28-27(21)30(22,29(24)36-28)12-13-31(23)18-20-9-5-14-34-20/h1-3,6-7,17,20,22-23,29,33H,4-5,8-16,18H2/t20?,22-,23+,29-,30-/m0/s1. The first kappa shape index (κ1) is 22.6. The Morgan fingerprint density at radius 3 is 2.92 bits per heavy atom. The molecular weight excluding hydrogens is 454 g/mol. The van der Waals surface area contributed by atoms with Crippen LogP contribution >= 0.6 is 0 Å². The predicted molar refractivity (Wildman–Crippen MR) is 135 cm³/mol. The molecule has 0 aromatic heterocycles. The molecule has 1 unspecified atom stereocenters. The maximum atomic E-state index is 13.2. The molecule has 2 bridgehead atoms. The number of nitrogens with zero attached hydrogens (tertiary/aromatic N) is 1. The summed E-state index contributed by atoms with van der Waals surface area (Å²) in [6.07, 6.45) is 7.19. The van der Waals surface area contributed by atoms with Crippen LogP contribution in [0.25, 0.3) is 0 Å². The molecule has 6 heteroatoms. The maximum absolute atomic E-state index is 13.2. The quantitative estimate of drug-likeness (QED) is 0.589. The van der Waals surface area contributed by atoms with Crippen LogP contribution in [0.5, 0.6) is 17.2 Å². The van der Waals surface area contributed by atoms with Crippen LogP contribution in [0.4, 0.5) is 0 Å². The number of carbonyl (C=O) groups is 1. The third-order valence-electron chi connectivity index (χ3n) is 9.48. The van der Waals surface area contributed by atoms with E-state index in [0.717, 1.165) is 81.5 Å². The molecule has 5 aliphatic rings. The van der Waals surface area contributed by atoms with Crippen LogP contribution in [0.3, 0.4) is 0 Å². The average molecular weight is 490 g/mol. The number of piperidine rings is 1. The van der Waals surface area contributed by atoms with Crippen molar-refractivity contribution in [2.45, 2.75) is 75.0 Å². The van der Waals surface area contributed by atoms with Gasteiger partial charge in [0.05, 0.1) is 12.7 Å². The first-order chi connectivity index (χ1) is 17.6. The number of likely N-dealkylation sites (tertiary alicyclic amines) is 1. The molecule has 7 rings (SSSR count). The summed E-state index contributed by atoms with van der Waals surface area (Å²) in [4.78, 5) is 15.8. The highest BCUT2D eigenvalue weighted by Crippen LogP contribution is 2.64. The zero-order valence-electron chi connectivity index (χ0n) is 20.8. The molecule has 0 radical (unpaired) electrons. The third-order valence-corrected chi connectivity index (χ3v) is 9.48. The van der Waals surface area contributed by atoms with Gasteiger partial charge in [-0.1, -0.05) is 30.3 Å². The van der Waals surface area contributed by atoms with Gasteiger partial charge >= 0.3 is 0 Å². The second kappa shape index (κ2) is 8.77. The summed E-state index contributed by atoms with van der Waals surface area (Å²) in [5.41, 5.74) is 3.20. The number of aryl methyl sites for hydroxylation is 1. The van der Waals surface area contributed by atoms with Gasteiger partial charge in [-0.25, -0.2) is 0 Å². The zero-order chi connectivity index (χ0) is 24.3. The van der Waals surface area contributed by atoms with Crippen LogP contribution in [0.2, 0.25) is 0 Å². The van der Waals surface area contributed by atoms with E-state index in [1.54, 1.807) is 6.07 Å². The molecule has 2 aromatic carbocycles. The Kier molecular flexibility index (Phi) is 5.51. The number of aromatic hydroxyl groups is 1. The minimum absolute atomic E-state index is 0.113. The molecule has 2 aliphatic carbocycles. The van der Waals surface area contributed by atoms with Crippen LogP contribution in [0.1, 0.15) is 55.2 Å². The van der Waals surface area contributed by atoms with Gasteiger partial charge in [-0.2, -0.15) is 0 Å². The molecule has 36 heavy (non-hydrogen) atoms. The molecule has 2 aromatic rings. The summed E-state index contributed by atoms with van der Waals surface area (Å²) in [5, 5.41) is 11.0. The molecule has 190 valence electrons. The number of ether oxygens (including phenoxy) is 3. The van der Waals surface area contributed by atoms with Crippen LogP contribution < -0.4 is 9.47 Å². The number of phenols is 1. The summed E-state index contributed by atoms with van der Waals surface area (Å²) < 4.78 is 18.7. The number of carbonyl (C=O) groups excluding carboxylic acids is 1. The van der Waals surface area contributed by atoms with Crippen molar-refractivity contribution in [3.05, 3.63) is 53.1 Å². The molecule has 3 aliphatic heterocycles. The van der Waals surface area contributed by atoms with Crippen molar-refractivity contribution < 1.29 is 24.1 Å².